The highest BCUT2D eigenvalue weighted by Crippen LogP contribution is 2.07. The second kappa shape index (κ2) is 4.73. The van der Waals surface area contributed by atoms with Crippen LogP contribution in [-0.4, -0.2) is 6.61 Å². The molecule has 0 heterocycles. The fourth-order valence-electron chi connectivity index (χ4n) is 1.10. The van der Waals surface area contributed by atoms with Gasteiger partial charge in [0.05, 0.1) is 6.61 Å². The second-order valence-electron chi connectivity index (χ2n) is 2.75. The van der Waals surface area contributed by atoms with Crippen LogP contribution in [0.1, 0.15) is 17.5 Å². The summed E-state index contributed by atoms with van der Waals surface area (Å²) in [6, 6.07) is 8.14. The fraction of sp³-hybridized carbons (Fsp3) is 0.273. The molecule has 1 aromatic carbocycles. The van der Waals surface area contributed by atoms with Crippen molar-refractivity contribution >= 4 is 6.08 Å². The van der Waals surface area contributed by atoms with E-state index < -0.39 is 0 Å². The highest BCUT2D eigenvalue weighted by molar-refractivity contribution is 5.47. The van der Waals surface area contributed by atoms with Crippen molar-refractivity contribution in [3.8, 4) is 0 Å². The van der Waals surface area contributed by atoms with Gasteiger partial charge in [0.1, 0.15) is 0 Å². The number of rotatable bonds is 4. The first-order valence-corrected chi connectivity index (χ1v) is 4.16. The van der Waals surface area contributed by atoms with E-state index in [9.17, 15) is 5.11 Å². The summed E-state index contributed by atoms with van der Waals surface area (Å²) in [4.78, 5) is 0. The maximum absolute atomic E-state index is 10.2. The van der Waals surface area contributed by atoms with E-state index >= 15 is 0 Å². The van der Waals surface area contributed by atoms with Crippen molar-refractivity contribution in [2.75, 3.05) is 6.61 Å². The highest BCUT2D eigenvalue weighted by atomic mass is 16.2. The Bertz CT molecular complexity index is 236. The molecule has 0 saturated heterocycles. The molecule has 1 rings (SSSR count). The average Bonchev–Trinajstić information content (AvgIpc) is 2.15. The Morgan fingerprint density at radius 3 is 2.42 bits per heavy atom. The van der Waals surface area contributed by atoms with Gasteiger partial charge in [-0.2, -0.15) is 0 Å². The zero-order chi connectivity index (χ0) is 8.81. The average molecular weight is 161 g/mol. The minimum atomic E-state index is 0.0171. The lowest BCUT2D eigenvalue weighted by molar-refractivity contribution is 0.189. The minimum absolute atomic E-state index is 0.0171. The van der Waals surface area contributed by atoms with Crippen molar-refractivity contribution in [1.82, 2.24) is 0 Å². The number of hydrogen-bond donors (Lipinski definition) is 0. The molecule has 0 saturated carbocycles. The van der Waals surface area contributed by atoms with E-state index in [0.29, 0.717) is 0 Å². The van der Waals surface area contributed by atoms with Crippen molar-refractivity contribution in [3.05, 3.63) is 42.0 Å². The summed E-state index contributed by atoms with van der Waals surface area (Å²) in [6.45, 7) is 3.69. The van der Waals surface area contributed by atoms with Crippen LogP contribution in [-0.2, 0) is 11.5 Å². The zero-order valence-electron chi connectivity index (χ0n) is 7.12. The first-order chi connectivity index (χ1) is 5.86. The molecule has 0 unspecified atom stereocenters. The van der Waals surface area contributed by atoms with Crippen molar-refractivity contribution in [1.29, 1.82) is 0 Å². The van der Waals surface area contributed by atoms with Crippen LogP contribution in [0.3, 0.4) is 0 Å². The van der Waals surface area contributed by atoms with E-state index in [4.69, 9.17) is 0 Å². The van der Waals surface area contributed by atoms with Gasteiger partial charge in [-0.1, -0.05) is 36.9 Å². The third-order valence-corrected chi connectivity index (χ3v) is 1.83. The van der Waals surface area contributed by atoms with Gasteiger partial charge < -0.3 is 0 Å². The van der Waals surface area contributed by atoms with Crippen LogP contribution in [0.25, 0.3) is 6.08 Å². The topological polar surface area (TPSA) is 19.9 Å². The number of benzene rings is 1. The SMILES string of the molecule is C=Cc1ccc(CCC[O])cc1. The molecule has 0 amide bonds. The fourth-order valence-corrected chi connectivity index (χ4v) is 1.10. The van der Waals surface area contributed by atoms with E-state index in [-0.39, 0.29) is 6.61 Å². The minimum Gasteiger partial charge on any atom is -0.237 e. The Hall–Kier alpha value is -1.08. The van der Waals surface area contributed by atoms with Gasteiger partial charge in [-0.05, 0) is 24.0 Å². The van der Waals surface area contributed by atoms with E-state index in [1.165, 1.54) is 5.56 Å². The number of hydrogen-bond acceptors (Lipinski definition) is 0. The van der Waals surface area contributed by atoms with E-state index in [1.807, 2.05) is 30.3 Å². The Kier molecular flexibility index (Phi) is 3.55. The standard InChI is InChI=1S/C11H13O/c1-2-10-5-7-11(8-6-10)4-3-9-12/h2,5-8H,1,3-4,9H2. The van der Waals surface area contributed by atoms with Crippen LogP contribution < -0.4 is 0 Å². The largest absolute Gasteiger partial charge is 0.237 e. The zero-order valence-corrected chi connectivity index (χ0v) is 7.12. The molecule has 0 aliphatic carbocycles. The lowest BCUT2D eigenvalue weighted by atomic mass is 10.1. The molecule has 63 valence electrons. The van der Waals surface area contributed by atoms with Crippen LogP contribution in [0.15, 0.2) is 30.8 Å². The molecular formula is C11H13O. The van der Waals surface area contributed by atoms with Crippen LogP contribution >= 0.6 is 0 Å². The molecule has 0 N–H and O–H groups in total. The molecule has 0 aliphatic heterocycles. The van der Waals surface area contributed by atoms with E-state index in [0.717, 1.165) is 18.4 Å². The summed E-state index contributed by atoms with van der Waals surface area (Å²) >= 11 is 0. The Balaban J connectivity index is 2.58. The van der Waals surface area contributed by atoms with Crippen molar-refractivity contribution in [2.24, 2.45) is 0 Å². The molecule has 1 nitrogen and oxygen atoms in total. The van der Waals surface area contributed by atoms with Gasteiger partial charge in [0.25, 0.3) is 0 Å². The monoisotopic (exact) mass is 161 g/mol. The Morgan fingerprint density at radius 1 is 1.25 bits per heavy atom. The molecule has 0 aromatic heterocycles. The lowest BCUT2D eigenvalue weighted by Crippen LogP contribution is -1.87. The van der Waals surface area contributed by atoms with Gasteiger partial charge in [0, 0.05) is 0 Å². The summed E-state index contributed by atoms with van der Waals surface area (Å²) in [7, 11) is 0. The summed E-state index contributed by atoms with van der Waals surface area (Å²) < 4.78 is 0. The normalized spacial score (nSPS) is 9.75. The maximum atomic E-state index is 10.2. The van der Waals surface area contributed by atoms with Gasteiger partial charge in [-0.3, -0.25) is 0 Å². The molecule has 0 bridgehead atoms. The summed E-state index contributed by atoms with van der Waals surface area (Å²) in [5.41, 5.74) is 2.36. The van der Waals surface area contributed by atoms with Crippen molar-refractivity contribution in [3.63, 3.8) is 0 Å². The van der Waals surface area contributed by atoms with E-state index in [2.05, 4.69) is 6.58 Å². The maximum Gasteiger partial charge on any atom is 0.0825 e. The van der Waals surface area contributed by atoms with Gasteiger partial charge in [-0.15, -0.1) is 0 Å². The first-order valence-electron chi connectivity index (χ1n) is 4.16. The first kappa shape index (κ1) is 9.01. The van der Waals surface area contributed by atoms with Crippen LogP contribution in [0.2, 0.25) is 0 Å². The van der Waals surface area contributed by atoms with Crippen LogP contribution in [0.5, 0.6) is 0 Å². The van der Waals surface area contributed by atoms with Gasteiger partial charge in [0.15, 0.2) is 0 Å². The smallest absolute Gasteiger partial charge is 0.0825 e. The molecule has 0 fully saturated rings. The Labute approximate surface area is 73.4 Å². The van der Waals surface area contributed by atoms with Gasteiger partial charge in [-0.25, -0.2) is 5.11 Å². The van der Waals surface area contributed by atoms with Crippen molar-refractivity contribution in [2.45, 2.75) is 12.8 Å². The highest BCUT2D eigenvalue weighted by Gasteiger charge is 1.91. The summed E-state index contributed by atoms with van der Waals surface area (Å²) in [5.74, 6) is 0. The molecule has 0 spiro atoms. The predicted octanol–water partition coefficient (Wildman–Crippen LogP) is 2.69. The quantitative estimate of drug-likeness (QED) is 0.647. The lowest BCUT2D eigenvalue weighted by Gasteiger charge is -1.98. The van der Waals surface area contributed by atoms with Gasteiger partial charge >= 0.3 is 0 Å². The molecule has 1 radical (unpaired) electrons. The Morgan fingerprint density at radius 2 is 1.92 bits per heavy atom. The summed E-state index contributed by atoms with van der Waals surface area (Å²) in [5, 5.41) is 10.2. The third kappa shape index (κ3) is 2.51. The predicted molar refractivity (Wildman–Crippen MR) is 50.4 cm³/mol. The molecule has 0 atom stereocenters. The molecular weight excluding hydrogens is 148 g/mol. The number of aryl methyl sites for hydroxylation is 1. The molecule has 1 aromatic rings. The van der Waals surface area contributed by atoms with Crippen LogP contribution in [0.4, 0.5) is 0 Å². The van der Waals surface area contributed by atoms with E-state index in [1.54, 1.807) is 0 Å². The third-order valence-electron chi connectivity index (χ3n) is 1.83. The van der Waals surface area contributed by atoms with Crippen molar-refractivity contribution < 1.29 is 5.11 Å². The van der Waals surface area contributed by atoms with Gasteiger partial charge in [0.2, 0.25) is 0 Å². The molecule has 1 heteroatoms. The van der Waals surface area contributed by atoms with Crippen LogP contribution in [0, 0.1) is 0 Å². The second-order valence-corrected chi connectivity index (χ2v) is 2.75. The molecule has 0 aliphatic rings. The summed E-state index contributed by atoms with van der Waals surface area (Å²) in [6.07, 6.45) is 3.44. The molecule has 12 heavy (non-hydrogen) atoms.